The Bertz CT molecular complexity index is 555. The molecule has 0 unspecified atom stereocenters. The highest BCUT2D eigenvalue weighted by Crippen LogP contribution is 2.61. The minimum absolute atomic E-state index is 0.199. The third kappa shape index (κ3) is 1.58. The molecule has 1 fully saturated rings. The summed E-state index contributed by atoms with van der Waals surface area (Å²) in [5.41, 5.74) is 2.33. The fourth-order valence-electron chi connectivity index (χ4n) is 4.71. The van der Waals surface area contributed by atoms with E-state index < -0.39 is 11.4 Å². The second-order valence-electron chi connectivity index (χ2n) is 6.76. The van der Waals surface area contributed by atoms with Gasteiger partial charge in [-0.05, 0) is 56.6 Å². The summed E-state index contributed by atoms with van der Waals surface area (Å²) >= 11 is 0. The van der Waals surface area contributed by atoms with Crippen LogP contribution in [0.3, 0.4) is 0 Å². The lowest BCUT2D eigenvalue weighted by Gasteiger charge is -2.52. The van der Waals surface area contributed by atoms with Crippen LogP contribution in [0.15, 0.2) is 22.8 Å². The first kappa shape index (κ1) is 13.6. The van der Waals surface area contributed by atoms with Gasteiger partial charge in [0.05, 0.1) is 5.41 Å². The molecule has 3 rings (SSSR count). The summed E-state index contributed by atoms with van der Waals surface area (Å²) in [5, 5.41) is 9.82. The van der Waals surface area contributed by atoms with Gasteiger partial charge in [0.25, 0.3) is 0 Å². The van der Waals surface area contributed by atoms with Crippen LogP contribution in [0, 0.1) is 10.8 Å². The van der Waals surface area contributed by atoms with Crippen LogP contribution in [0.25, 0.3) is 0 Å². The number of carbonyl (C=O) groups is 2. The molecule has 0 heterocycles. The molecule has 3 nitrogen and oxygen atoms in total. The van der Waals surface area contributed by atoms with Crippen molar-refractivity contribution in [3.63, 3.8) is 0 Å². The zero-order chi connectivity index (χ0) is 14.5. The number of ketones is 1. The second kappa shape index (κ2) is 4.31. The fourth-order valence-corrected chi connectivity index (χ4v) is 4.71. The zero-order valence-electron chi connectivity index (χ0n) is 12.3. The van der Waals surface area contributed by atoms with Gasteiger partial charge < -0.3 is 5.11 Å². The van der Waals surface area contributed by atoms with E-state index in [0.717, 1.165) is 43.3 Å². The van der Waals surface area contributed by atoms with E-state index in [2.05, 4.69) is 13.0 Å². The van der Waals surface area contributed by atoms with Gasteiger partial charge in [-0.3, -0.25) is 9.59 Å². The molecule has 1 saturated carbocycles. The molecular weight excluding hydrogens is 252 g/mol. The molecular formula is C17H22O3. The Hall–Kier alpha value is -1.38. The van der Waals surface area contributed by atoms with Crippen molar-refractivity contribution in [1.82, 2.24) is 0 Å². The van der Waals surface area contributed by atoms with Gasteiger partial charge in [0, 0.05) is 11.8 Å². The van der Waals surface area contributed by atoms with E-state index >= 15 is 0 Å². The minimum Gasteiger partial charge on any atom is -0.481 e. The van der Waals surface area contributed by atoms with Gasteiger partial charge in [0.2, 0.25) is 0 Å². The summed E-state index contributed by atoms with van der Waals surface area (Å²) in [7, 11) is 0. The normalized spacial score (nSPS) is 37.1. The van der Waals surface area contributed by atoms with E-state index in [1.54, 1.807) is 0 Å². The van der Waals surface area contributed by atoms with Crippen LogP contribution >= 0.6 is 0 Å². The number of allylic oxidation sites excluding steroid dienone is 3. The van der Waals surface area contributed by atoms with E-state index in [-0.39, 0.29) is 11.2 Å². The highest BCUT2D eigenvalue weighted by molar-refractivity contribution is 5.97. The van der Waals surface area contributed by atoms with Gasteiger partial charge in [-0.25, -0.2) is 0 Å². The van der Waals surface area contributed by atoms with E-state index in [0.29, 0.717) is 12.8 Å². The van der Waals surface area contributed by atoms with Crippen molar-refractivity contribution in [3.8, 4) is 0 Å². The molecule has 2 atom stereocenters. The van der Waals surface area contributed by atoms with Crippen molar-refractivity contribution in [1.29, 1.82) is 0 Å². The number of hydrogen-bond acceptors (Lipinski definition) is 2. The Morgan fingerprint density at radius 2 is 2.00 bits per heavy atom. The SMILES string of the molecule is CC1=C2CC[C@]3(C(=O)O)CCCC=C3[C@]2(C)CCC1=O. The molecule has 3 aliphatic carbocycles. The molecule has 108 valence electrons. The van der Waals surface area contributed by atoms with Crippen molar-refractivity contribution < 1.29 is 14.7 Å². The van der Waals surface area contributed by atoms with Crippen LogP contribution < -0.4 is 0 Å². The van der Waals surface area contributed by atoms with Crippen molar-refractivity contribution in [2.24, 2.45) is 10.8 Å². The number of aliphatic carboxylic acids is 1. The molecule has 0 aromatic carbocycles. The predicted molar refractivity (Wildman–Crippen MR) is 76.3 cm³/mol. The maximum absolute atomic E-state index is 12.0. The van der Waals surface area contributed by atoms with Crippen LogP contribution in [-0.2, 0) is 9.59 Å². The van der Waals surface area contributed by atoms with Gasteiger partial charge in [-0.15, -0.1) is 0 Å². The molecule has 0 spiro atoms. The smallest absolute Gasteiger partial charge is 0.313 e. The number of carboxylic acid groups (broad SMARTS) is 1. The lowest BCUT2D eigenvalue weighted by Crippen LogP contribution is -2.47. The molecule has 3 aliphatic rings. The van der Waals surface area contributed by atoms with Crippen molar-refractivity contribution in [3.05, 3.63) is 22.8 Å². The number of fused-ring (bicyclic) bond motifs is 3. The van der Waals surface area contributed by atoms with Crippen molar-refractivity contribution in [2.45, 2.75) is 58.8 Å². The topological polar surface area (TPSA) is 54.4 Å². The predicted octanol–water partition coefficient (Wildman–Crippen LogP) is 3.65. The molecule has 0 aliphatic heterocycles. The summed E-state index contributed by atoms with van der Waals surface area (Å²) in [6, 6.07) is 0. The highest BCUT2D eigenvalue weighted by Gasteiger charge is 2.55. The van der Waals surface area contributed by atoms with E-state index in [1.807, 2.05) is 6.92 Å². The van der Waals surface area contributed by atoms with Gasteiger partial charge >= 0.3 is 5.97 Å². The molecule has 0 saturated heterocycles. The molecule has 0 radical (unpaired) electrons. The third-order valence-corrected chi connectivity index (χ3v) is 5.87. The Morgan fingerprint density at radius 3 is 2.70 bits per heavy atom. The molecule has 20 heavy (non-hydrogen) atoms. The molecule has 0 aromatic heterocycles. The summed E-state index contributed by atoms with van der Waals surface area (Å²) < 4.78 is 0. The second-order valence-corrected chi connectivity index (χ2v) is 6.76. The minimum atomic E-state index is -0.669. The Kier molecular flexibility index (Phi) is 2.93. The summed E-state index contributed by atoms with van der Waals surface area (Å²) in [4.78, 5) is 23.9. The van der Waals surface area contributed by atoms with Gasteiger partial charge in [-0.1, -0.05) is 18.6 Å². The molecule has 0 aromatic rings. The Morgan fingerprint density at radius 1 is 1.25 bits per heavy atom. The van der Waals surface area contributed by atoms with E-state index in [1.165, 1.54) is 5.57 Å². The zero-order valence-corrected chi connectivity index (χ0v) is 12.3. The van der Waals surface area contributed by atoms with E-state index in [9.17, 15) is 14.7 Å². The number of Topliss-reactive ketones (excluding diaryl/α,β-unsaturated/α-hetero) is 1. The van der Waals surface area contributed by atoms with Crippen LogP contribution in [0.2, 0.25) is 0 Å². The van der Waals surface area contributed by atoms with Crippen molar-refractivity contribution in [2.75, 3.05) is 0 Å². The third-order valence-electron chi connectivity index (χ3n) is 5.87. The summed E-state index contributed by atoms with van der Waals surface area (Å²) in [5.74, 6) is -0.421. The highest BCUT2D eigenvalue weighted by atomic mass is 16.4. The molecule has 0 amide bonds. The molecule has 3 heteroatoms. The van der Waals surface area contributed by atoms with Gasteiger partial charge in [-0.2, -0.15) is 0 Å². The number of carboxylic acids is 1. The standard InChI is InChI=1S/C17H22O3/c1-11-12-6-10-17(15(19)20)8-4-3-5-14(17)16(12,2)9-7-13(11)18/h5H,3-4,6-10H2,1-2H3,(H,19,20)/t16-,17-/m1/s1. The molecule has 0 bridgehead atoms. The largest absolute Gasteiger partial charge is 0.481 e. The number of rotatable bonds is 1. The van der Waals surface area contributed by atoms with Crippen LogP contribution in [0.1, 0.15) is 58.8 Å². The van der Waals surface area contributed by atoms with Gasteiger partial charge in [0.1, 0.15) is 0 Å². The fraction of sp³-hybridized carbons (Fsp3) is 0.647. The lowest BCUT2D eigenvalue weighted by molar-refractivity contribution is -0.149. The lowest BCUT2D eigenvalue weighted by atomic mass is 9.50. The van der Waals surface area contributed by atoms with Crippen molar-refractivity contribution >= 4 is 11.8 Å². The monoisotopic (exact) mass is 274 g/mol. The first-order valence-electron chi connectivity index (χ1n) is 7.60. The van der Waals surface area contributed by atoms with Crippen LogP contribution in [0.4, 0.5) is 0 Å². The average molecular weight is 274 g/mol. The van der Waals surface area contributed by atoms with Gasteiger partial charge in [0.15, 0.2) is 5.78 Å². The Balaban J connectivity index is 2.18. The first-order valence-corrected chi connectivity index (χ1v) is 7.60. The first-order chi connectivity index (χ1) is 9.42. The summed E-state index contributed by atoms with van der Waals surface area (Å²) in [6.45, 7) is 4.08. The van der Waals surface area contributed by atoms with Crippen LogP contribution in [0.5, 0.6) is 0 Å². The van der Waals surface area contributed by atoms with E-state index in [4.69, 9.17) is 0 Å². The van der Waals surface area contributed by atoms with Crippen LogP contribution in [-0.4, -0.2) is 16.9 Å². The summed E-state index contributed by atoms with van der Waals surface area (Å²) in [6.07, 6.45) is 7.60. The Labute approximate surface area is 119 Å². The maximum atomic E-state index is 12.0. The molecule has 1 N–H and O–H groups in total. The quantitative estimate of drug-likeness (QED) is 0.743. The number of hydrogen-bond donors (Lipinski definition) is 1. The number of carbonyl (C=O) groups excluding carboxylic acids is 1. The maximum Gasteiger partial charge on any atom is 0.313 e. The average Bonchev–Trinajstić information content (AvgIpc) is 2.43.